The summed E-state index contributed by atoms with van der Waals surface area (Å²) >= 11 is 0. The van der Waals surface area contributed by atoms with Gasteiger partial charge in [-0.1, -0.05) is 0 Å². The van der Waals surface area contributed by atoms with Crippen LogP contribution in [0.3, 0.4) is 0 Å². The Kier molecular flexibility index (Phi) is 6.05. The van der Waals surface area contributed by atoms with E-state index in [1.807, 2.05) is 0 Å². The van der Waals surface area contributed by atoms with Crippen molar-refractivity contribution >= 4 is 5.91 Å². The molecule has 0 aliphatic rings. The fourth-order valence-electron chi connectivity index (χ4n) is 0.406. The average Bonchev–Trinajstić information content (AvgIpc) is 1.87. The smallest absolute Gasteiger partial charge is 0.219 e. The number of primary amides is 1. The SMILES string of the molecule is NNCCOCCC(N)=O. The minimum Gasteiger partial charge on any atom is -0.380 e. The lowest BCUT2D eigenvalue weighted by molar-refractivity contribution is -0.119. The van der Waals surface area contributed by atoms with Gasteiger partial charge in [0.1, 0.15) is 0 Å². The highest BCUT2D eigenvalue weighted by atomic mass is 16.5. The van der Waals surface area contributed by atoms with Crippen molar-refractivity contribution in [2.24, 2.45) is 11.6 Å². The number of hydrogen-bond donors (Lipinski definition) is 3. The van der Waals surface area contributed by atoms with E-state index in [2.05, 4.69) is 5.43 Å². The van der Waals surface area contributed by atoms with Crippen molar-refractivity contribution in [3.05, 3.63) is 0 Å². The fourth-order valence-corrected chi connectivity index (χ4v) is 0.406. The number of nitrogens with two attached hydrogens (primary N) is 2. The summed E-state index contributed by atoms with van der Waals surface area (Å²) in [7, 11) is 0. The van der Waals surface area contributed by atoms with Gasteiger partial charge in [-0.25, -0.2) is 0 Å². The lowest BCUT2D eigenvalue weighted by atomic mass is 10.4. The van der Waals surface area contributed by atoms with E-state index < -0.39 is 0 Å². The zero-order valence-electron chi connectivity index (χ0n) is 5.80. The van der Waals surface area contributed by atoms with E-state index in [1.54, 1.807) is 0 Å². The van der Waals surface area contributed by atoms with Crippen LogP contribution in [0.2, 0.25) is 0 Å². The van der Waals surface area contributed by atoms with Crippen LogP contribution in [-0.2, 0) is 9.53 Å². The highest BCUT2D eigenvalue weighted by Crippen LogP contribution is 1.78. The Hall–Kier alpha value is -0.650. The second-order valence-electron chi connectivity index (χ2n) is 1.78. The Balaban J connectivity index is 2.84. The van der Waals surface area contributed by atoms with Crippen molar-refractivity contribution in [3.8, 4) is 0 Å². The van der Waals surface area contributed by atoms with E-state index in [4.69, 9.17) is 16.3 Å². The minimum atomic E-state index is -0.347. The van der Waals surface area contributed by atoms with E-state index in [-0.39, 0.29) is 12.3 Å². The summed E-state index contributed by atoms with van der Waals surface area (Å²) in [6.45, 7) is 1.46. The highest BCUT2D eigenvalue weighted by molar-refractivity contribution is 5.73. The largest absolute Gasteiger partial charge is 0.380 e. The molecule has 0 unspecified atom stereocenters. The van der Waals surface area contributed by atoms with Crippen LogP contribution in [0.15, 0.2) is 0 Å². The molecular formula is C5H13N3O2. The molecule has 0 fully saturated rings. The van der Waals surface area contributed by atoms with Crippen LogP contribution in [0.5, 0.6) is 0 Å². The molecule has 0 aromatic heterocycles. The van der Waals surface area contributed by atoms with Crippen LogP contribution < -0.4 is 17.0 Å². The maximum Gasteiger partial charge on any atom is 0.219 e. The van der Waals surface area contributed by atoms with Crippen molar-refractivity contribution in [2.75, 3.05) is 19.8 Å². The summed E-state index contributed by atoms with van der Waals surface area (Å²) in [5.74, 6) is 4.60. The molecule has 0 heterocycles. The van der Waals surface area contributed by atoms with Crippen LogP contribution in [0.25, 0.3) is 0 Å². The van der Waals surface area contributed by atoms with Crippen LogP contribution in [0, 0.1) is 0 Å². The van der Waals surface area contributed by atoms with Crippen LogP contribution in [0.1, 0.15) is 6.42 Å². The number of hydrazine groups is 1. The molecule has 0 saturated carbocycles. The summed E-state index contributed by atoms with van der Waals surface area (Å²) in [6.07, 6.45) is 0.268. The maximum absolute atomic E-state index is 10.1. The van der Waals surface area contributed by atoms with Crippen LogP contribution in [0.4, 0.5) is 0 Å². The van der Waals surface area contributed by atoms with Gasteiger partial charge in [-0.05, 0) is 0 Å². The molecule has 5 heteroatoms. The predicted molar refractivity (Wildman–Crippen MR) is 36.8 cm³/mol. The molecule has 10 heavy (non-hydrogen) atoms. The number of nitrogens with one attached hydrogen (secondary N) is 1. The number of hydrogen-bond acceptors (Lipinski definition) is 4. The Labute approximate surface area is 59.7 Å². The van der Waals surface area contributed by atoms with Gasteiger partial charge >= 0.3 is 0 Å². The summed E-state index contributed by atoms with van der Waals surface area (Å²) in [5, 5.41) is 0. The van der Waals surface area contributed by atoms with Gasteiger partial charge in [-0.15, -0.1) is 0 Å². The first-order valence-electron chi connectivity index (χ1n) is 3.07. The highest BCUT2D eigenvalue weighted by Gasteiger charge is 1.92. The summed E-state index contributed by atoms with van der Waals surface area (Å²) in [5.41, 5.74) is 7.26. The standard InChI is InChI=1S/C5H13N3O2/c6-5(9)1-3-10-4-2-8-7/h8H,1-4,7H2,(H2,6,9). The van der Waals surface area contributed by atoms with Gasteiger partial charge in [0.2, 0.25) is 5.91 Å². The summed E-state index contributed by atoms with van der Waals surface area (Å²) in [6, 6.07) is 0. The van der Waals surface area contributed by atoms with Gasteiger partial charge in [-0.2, -0.15) is 0 Å². The van der Waals surface area contributed by atoms with Crippen molar-refractivity contribution in [1.29, 1.82) is 0 Å². The number of ether oxygens (including phenoxy) is 1. The second kappa shape index (κ2) is 6.47. The van der Waals surface area contributed by atoms with Crippen molar-refractivity contribution < 1.29 is 9.53 Å². The third-order valence-corrected chi connectivity index (χ3v) is 0.884. The quantitative estimate of drug-likeness (QED) is 0.238. The van der Waals surface area contributed by atoms with E-state index in [1.165, 1.54) is 0 Å². The normalized spacial score (nSPS) is 9.70. The number of rotatable bonds is 6. The number of carbonyl (C=O) groups excluding carboxylic acids is 1. The Bertz CT molecular complexity index is 96.9. The maximum atomic E-state index is 10.1. The Morgan fingerprint density at radius 1 is 1.50 bits per heavy atom. The number of carbonyl (C=O) groups is 1. The molecule has 0 spiro atoms. The summed E-state index contributed by atoms with van der Waals surface area (Å²) < 4.78 is 4.94. The Morgan fingerprint density at radius 3 is 2.70 bits per heavy atom. The van der Waals surface area contributed by atoms with Gasteiger partial charge in [0.15, 0.2) is 0 Å². The molecule has 5 nitrogen and oxygen atoms in total. The average molecular weight is 147 g/mol. The third kappa shape index (κ3) is 7.35. The molecule has 60 valence electrons. The molecule has 5 N–H and O–H groups in total. The summed E-state index contributed by atoms with van der Waals surface area (Å²) in [4.78, 5) is 10.1. The zero-order chi connectivity index (χ0) is 7.82. The Morgan fingerprint density at radius 2 is 2.20 bits per heavy atom. The molecule has 0 radical (unpaired) electrons. The van der Waals surface area contributed by atoms with Crippen molar-refractivity contribution in [1.82, 2.24) is 5.43 Å². The molecule has 0 saturated heterocycles. The third-order valence-electron chi connectivity index (χ3n) is 0.884. The van der Waals surface area contributed by atoms with Gasteiger partial charge < -0.3 is 10.5 Å². The van der Waals surface area contributed by atoms with E-state index in [0.29, 0.717) is 19.8 Å². The van der Waals surface area contributed by atoms with E-state index in [0.717, 1.165) is 0 Å². The molecular weight excluding hydrogens is 134 g/mol. The first-order chi connectivity index (χ1) is 4.77. The van der Waals surface area contributed by atoms with E-state index in [9.17, 15) is 4.79 Å². The topological polar surface area (TPSA) is 90.4 Å². The van der Waals surface area contributed by atoms with Gasteiger partial charge in [0.25, 0.3) is 0 Å². The fraction of sp³-hybridized carbons (Fsp3) is 0.800. The number of amides is 1. The van der Waals surface area contributed by atoms with Crippen LogP contribution in [-0.4, -0.2) is 25.7 Å². The molecule has 0 bridgehead atoms. The van der Waals surface area contributed by atoms with Crippen molar-refractivity contribution in [2.45, 2.75) is 6.42 Å². The van der Waals surface area contributed by atoms with Gasteiger partial charge in [0.05, 0.1) is 13.2 Å². The minimum absolute atomic E-state index is 0.268. The lowest BCUT2D eigenvalue weighted by Gasteiger charge is -2.00. The second-order valence-corrected chi connectivity index (χ2v) is 1.78. The van der Waals surface area contributed by atoms with Crippen LogP contribution >= 0.6 is 0 Å². The molecule has 0 aliphatic carbocycles. The monoisotopic (exact) mass is 147 g/mol. The molecule has 0 aromatic carbocycles. The molecule has 0 aliphatic heterocycles. The zero-order valence-corrected chi connectivity index (χ0v) is 5.80. The molecule has 0 rings (SSSR count). The van der Waals surface area contributed by atoms with Gasteiger partial charge in [-0.3, -0.25) is 16.1 Å². The predicted octanol–water partition coefficient (Wildman–Crippen LogP) is -1.66. The van der Waals surface area contributed by atoms with Crippen molar-refractivity contribution in [3.63, 3.8) is 0 Å². The van der Waals surface area contributed by atoms with Gasteiger partial charge in [0, 0.05) is 13.0 Å². The molecule has 0 aromatic rings. The van der Waals surface area contributed by atoms with E-state index >= 15 is 0 Å². The lowest BCUT2D eigenvalue weighted by Crippen LogP contribution is -2.26. The first-order valence-corrected chi connectivity index (χ1v) is 3.07. The molecule has 1 amide bonds. The first kappa shape index (κ1) is 9.35. The molecule has 0 atom stereocenters.